The van der Waals surface area contributed by atoms with Crippen LogP contribution >= 0.6 is 0 Å². The first-order valence-corrected chi connectivity index (χ1v) is 9.78. The number of likely N-dealkylation sites (tertiary alicyclic amines) is 1. The Hall–Kier alpha value is -2.08. The van der Waals surface area contributed by atoms with Gasteiger partial charge in [-0.15, -0.1) is 0 Å². The van der Waals surface area contributed by atoms with E-state index in [1.807, 2.05) is 36.1 Å². The minimum Gasteiger partial charge on any atom is -0.342 e. The van der Waals surface area contributed by atoms with E-state index in [0.29, 0.717) is 13.0 Å². The Morgan fingerprint density at radius 2 is 1.77 bits per heavy atom. The van der Waals surface area contributed by atoms with Crippen LogP contribution in [-0.2, 0) is 11.2 Å². The highest BCUT2D eigenvalue weighted by atomic mass is 16.2. The number of urea groups is 1. The highest BCUT2D eigenvalue weighted by molar-refractivity contribution is 5.89. The summed E-state index contributed by atoms with van der Waals surface area (Å²) in [5, 5.41) is 9.05. The molecule has 1 aromatic carbocycles. The summed E-state index contributed by atoms with van der Waals surface area (Å²) in [6.45, 7) is 6.63. The number of anilines is 1. The van der Waals surface area contributed by atoms with Crippen molar-refractivity contribution in [3.63, 3.8) is 0 Å². The highest BCUT2D eigenvalue weighted by Crippen LogP contribution is 2.27. The lowest BCUT2D eigenvalue weighted by molar-refractivity contribution is -0.130. The first kappa shape index (κ1) is 18.7. The molecule has 3 rings (SSSR count). The molecule has 2 aliphatic rings. The number of benzene rings is 1. The molecule has 6 nitrogen and oxygen atoms in total. The Balaban J connectivity index is 1.49. The molecule has 2 atom stereocenters. The van der Waals surface area contributed by atoms with Gasteiger partial charge in [0.25, 0.3) is 0 Å². The SMILES string of the molecule is CCCNC(=O)Nc1ccc(CC(=O)N2CC[C@@H]3CNC[C@@H]3CC2)cc1. The van der Waals surface area contributed by atoms with Crippen LogP contribution in [-0.4, -0.2) is 49.6 Å². The lowest BCUT2D eigenvalue weighted by Gasteiger charge is -2.21. The van der Waals surface area contributed by atoms with Gasteiger partial charge in [-0.25, -0.2) is 4.79 Å². The van der Waals surface area contributed by atoms with Crippen molar-refractivity contribution in [1.29, 1.82) is 0 Å². The summed E-state index contributed by atoms with van der Waals surface area (Å²) in [4.78, 5) is 26.4. The maximum absolute atomic E-state index is 12.7. The van der Waals surface area contributed by atoms with E-state index in [4.69, 9.17) is 0 Å². The van der Waals surface area contributed by atoms with E-state index < -0.39 is 0 Å². The number of carbonyl (C=O) groups excluding carboxylic acids is 2. The van der Waals surface area contributed by atoms with Crippen molar-refractivity contribution in [2.45, 2.75) is 32.6 Å². The molecular formula is C20H30N4O2. The molecule has 0 bridgehead atoms. The van der Waals surface area contributed by atoms with Gasteiger partial charge in [0.1, 0.15) is 0 Å². The molecule has 2 fully saturated rings. The molecule has 0 aliphatic carbocycles. The van der Waals surface area contributed by atoms with Crippen LogP contribution in [0.25, 0.3) is 0 Å². The number of nitrogens with zero attached hydrogens (tertiary/aromatic N) is 1. The number of nitrogens with one attached hydrogen (secondary N) is 3. The van der Waals surface area contributed by atoms with Crippen molar-refractivity contribution in [1.82, 2.24) is 15.5 Å². The summed E-state index contributed by atoms with van der Waals surface area (Å²) in [5.41, 5.74) is 1.73. The minimum atomic E-state index is -0.194. The van der Waals surface area contributed by atoms with Crippen molar-refractivity contribution in [2.24, 2.45) is 11.8 Å². The summed E-state index contributed by atoms with van der Waals surface area (Å²) < 4.78 is 0. The molecule has 1 aromatic rings. The third kappa shape index (κ3) is 4.97. The molecule has 26 heavy (non-hydrogen) atoms. The van der Waals surface area contributed by atoms with Crippen LogP contribution in [0.2, 0.25) is 0 Å². The van der Waals surface area contributed by atoms with E-state index >= 15 is 0 Å². The van der Waals surface area contributed by atoms with Crippen molar-refractivity contribution in [2.75, 3.05) is 38.0 Å². The smallest absolute Gasteiger partial charge is 0.319 e. The monoisotopic (exact) mass is 358 g/mol. The van der Waals surface area contributed by atoms with Gasteiger partial charge in [-0.3, -0.25) is 4.79 Å². The van der Waals surface area contributed by atoms with E-state index in [-0.39, 0.29) is 11.9 Å². The van der Waals surface area contributed by atoms with E-state index in [1.54, 1.807) is 0 Å². The number of amides is 3. The van der Waals surface area contributed by atoms with Gasteiger partial charge in [0.05, 0.1) is 6.42 Å². The maximum Gasteiger partial charge on any atom is 0.319 e. The molecule has 0 saturated carbocycles. The first-order valence-electron chi connectivity index (χ1n) is 9.78. The second-order valence-corrected chi connectivity index (χ2v) is 7.39. The van der Waals surface area contributed by atoms with Crippen molar-refractivity contribution >= 4 is 17.6 Å². The fourth-order valence-electron chi connectivity index (χ4n) is 3.87. The molecule has 0 aromatic heterocycles. The molecule has 6 heteroatoms. The second kappa shape index (κ2) is 9.03. The minimum absolute atomic E-state index is 0.194. The van der Waals surface area contributed by atoms with Crippen LogP contribution in [0.15, 0.2) is 24.3 Å². The summed E-state index contributed by atoms with van der Waals surface area (Å²) in [6, 6.07) is 7.35. The molecule has 2 aliphatic heterocycles. The zero-order valence-corrected chi connectivity index (χ0v) is 15.6. The predicted octanol–water partition coefficient (Wildman–Crippen LogP) is 2.22. The van der Waals surface area contributed by atoms with Crippen LogP contribution in [0, 0.1) is 11.8 Å². The Morgan fingerprint density at radius 1 is 1.12 bits per heavy atom. The third-order valence-corrected chi connectivity index (χ3v) is 5.47. The van der Waals surface area contributed by atoms with Gasteiger partial charge in [-0.2, -0.15) is 0 Å². The first-order chi connectivity index (χ1) is 12.7. The summed E-state index contributed by atoms with van der Waals surface area (Å²) >= 11 is 0. The number of fused-ring (bicyclic) bond motifs is 1. The molecule has 2 heterocycles. The Kier molecular flexibility index (Phi) is 6.50. The van der Waals surface area contributed by atoms with E-state index in [2.05, 4.69) is 16.0 Å². The second-order valence-electron chi connectivity index (χ2n) is 7.39. The average Bonchev–Trinajstić information content (AvgIpc) is 2.99. The summed E-state index contributed by atoms with van der Waals surface area (Å²) in [5.74, 6) is 1.67. The number of rotatable bonds is 5. The molecule has 142 valence electrons. The number of hydrogen-bond donors (Lipinski definition) is 3. The largest absolute Gasteiger partial charge is 0.342 e. The number of hydrogen-bond acceptors (Lipinski definition) is 3. The van der Waals surface area contributed by atoms with Gasteiger partial charge in [0.2, 0.25) is 5.91 Å². The van der Waals surface area contributed by atoms with Crippen molar-refractivity contribution in [3.8, 4) is 0 Å². The summed E-state index contributed by atoms with van der Waals surface area (Å²) in [7, 11) is 0. The van der Waals surface area contributed by atoms with Crippen LogP contribution in [0.5, 0.6) is 0 Å². The van der Waals surface area contributed by atoms with Gasteiger partial charge < -0.3 is 20.9 Å². The molecule has 0 radical (unpaired) electrons. The zero-order valence-electron chi connectivity index (χ0n) is 15.6. The van der Waals surface area contributed by atoms with Gasteiger partial charge >= 0.3 is 6.03 Å². The normalized spacial score (nSPS) is 22.4. The quantitative estimate of drug-likeness (QED) is 0.756. The van der Waals surface area contributed by atoms with Gasteiger partial charge in [0.15, 0.2) is 0 Å². The van der Waals surface area contributed by atoms with Crippen LogP contribution in [0.1, 0.15) is 31.7 Å². The number of carbonyl (C=O) groups is 2. The van der Waals surface area contributed by atoms with Crippen molar-refractivity contribution in [3.05, 3.63) is 29.8 Å². The molecule has 0 unspecified atom stereocenters. The highest BCUT2D eigenvalue weighted by Gasteiger charge is 2.31. The topological polar surface area (TPSA) is 73.5 Å². The Morgan fingerprint density at radius 3 is 2.38 bits per heavy atom. The van der Waals surface area contributed by atoms with Crippen molar-refractivity contribution < 1.29 is 9.59 Å². The predicted molar refractivity (Wildman–Crippen MR) is 103 cm³/mol. The Bertz CT molecular complexity index is 603. The van der Waals surface area contributed by atoms with Crippen LogP contribution in [0.3, 0.4) is 0 Å². The van der Waals surface area contributed by atoms with E-state index in [1.165, 1.54) is 0 Å². The fraction of sp³-hybridized carbons (Fsp3) is 0.600. The molecular weight excluding hydrogens is 328 g/mol. The zero-order chi connectivity index (χ0) is 18.4. The molecule has 3 N–H and O–H groups in total. The van der Waals surface area contributed by atoms with E-state index in [9.17, 15) is 9.59 Å². The fourth-order valence-corrected chi connectivity index (χ4v) is 3.87. The molecule has 3 amide bonds. The van der Waals surface area contributed by atoms with Gasteiger partial charge in [0, 0.05) is 25.3 Å². The maximum atomic E-state index is 12.7. The lowest BCUT2D eigenvalue weighted by Crippen LogP contribution is -2.33. The van der Waals surface area contributed by atoms with Gasteiger partial charge in [-0.05, 0) is 61.9 Å². The third-order valence-electron chi connectivity index (χ3n) is 5.47. The molecule has 2 saturated heterocycles. The van der Waals surface area contributed by atoms with Crippen LogP contribution in [0.4, 0.5) is 10.5 Å². The Labute approximate surface area is 155 Å². The summed E-state index contributed by atoms with van der Waals surface area (Å²) in [6.07, 6.45) is 3.55. The standard InChI is InChI=1S/C20H30N4O2/c1-2-9-22-20(26)23-18-5-3-15(4-6-18)12-19(25)24-10-7-16-13-21-14-17(16)8-11-24/h3-6,16-17,21H,2,7-14H2,1H3,(H2,22,23,26)/t16-,17+. The lowest BCUT2D eigenvalue weighted by atomic mass is 9.92. The van der Waals surface area contributed by atoms with Crippen LogP contribution < -0.4 is 16.0 Å². The molecule has 0 spiro atoms. The van der Waals surface area contributed by atoms with E-state index in [0.717, 1.165) is 68.5 Å². The average molecular weight is 358 g/mol. The van der Waals surface area contributed by atoms with Gasteiger partial charge in [-0.1, -0.05) is 19.1 Å².